The molecule has 0 saturated carbocycles. The van der Waals surface area contributed by atoms with Crippen molar-refractivity contribution >= 4 is 15.9 Å². The summed E-state index contributed by atoms with van der Waals surface area (Å²) in [6, 6.07) is 12.4. The molecule has 0 aliphatic heterocycles. The molecule has 4 heteroatoms. The van der Waals surface area contributed by atoms with Gasteiger partial charge >= 0.3 is 0 Å². The molecule has 2 rings (SSSR count). The maximum absolute atomic E-state index is 13.3. The lowest BCUT2D eigenvalue weighted by molar-refractivity contribution is 0.414. The Balaban J connectivity index is 2.26. The van der Waals surface area contributed by atoms with E-state index in [2.05, 4.69) is 15.9 Å². The van der Waals surface area contributed by atoms with Crippen molar-refractivity contribution in [3.63, 3.8) is 0 Å². The van der Waals surface area contributed by atoms with Crippen LogP contribution in [0.4, 0.5) is 4.39 Å². The van der Waals surface area contributed by atoms with Crippen LogP contribution in [0.1, 0.15) is 17.0 Å². The Hall–Kier alpha value is -1.39. The molecule has 2 nitrogen and oxygen atoms in total. The van der Waals surface area contributed by atoms with Gasteiger partial charge in [-0.1, -0.05) is 28.1 Å². The van der Waals surface area contributed by atoms with Crippen LogP contribution in [0.5, 0.6) is 5.75 Å². The Bertz CT molecular complexity index is 588. The van der Waals surface area contributed by atoms with E-state index in [1.807, 2.05) is 24.3 Å². The molecule has 1 unspecified atom stereocenters. The molecule has 2 aromatic carbocycles. The van der Waals surface area contributed by atoms with E-state index in [4.69, 9.17) is 10.5 Å². The highest BCUT2D eigenvalue weighted by atomic mass is 79.9. The average molecular weight is 338 g/mol. The molecule has 2 N–H and O–H groups in total. The van der Waals surface area contributed by atoms with Gasteiger partial charge in [0.2, 0.25) is 0 Å². The van der Waals surface area contributed by atoms with Crippen LogP contribution in [0, 0.1) is 5.82 Å². The zero-order valence-electron chi connectivity index (χ0n) is 11.3. The lowest BCUT2D eigenvalue weighted by Gasteiger charge is -2.17. The Morgan fingerprint density at radius 3 is 2.70 bits per heavy atom. The minimum atomic E-state index is -0.231. The molecule has 1 atom stereocenters. The Morgan fingerprint density at radius 2 is 2.05 bits per heavy atom. The van der Waals surface area contributed by atoms with Gasteiger partial charge in [-0.05, 0) is 54.4 Å². The molecule has 0 fully saturated rings. The molecule has 2 aromatic rings. The molecule has 0 saturated heterocycles. The van der Waals surface area contributed by atoms with Crippen molar-refractivity contribution in [2.24, 2.45) is 5.73 Å². The van der Waals surface area contributed by atoms with Gasteiger partial charge < -0.3 is 10.5 Å². The van der Waals surface area contributed by atoms with E-state index in [0.29, 0.717) is 6.54 Å². The third-order valence-corrected chi connectivity index (χ3v) is 4.10. The van der Waals surface area contributed by atoms with Gasteiger partial charge in [-0.3, -0.25) is 0 Å². The van der Waals surface area contributed by atoms with Crippen LogP contribution in [0.3, 0.4) is 0 Å². The summed E-state index contributed by atoms with van der Waals surface area (Å²) >= 11 is 3.53. The maximum atomic E-state index is 13.3. The van der Waals surface area contributed by atoms with Gasteiger partial charge in [-0.15, -0.1) is 0 Å². The summed E-state index contributed by atoms with van der Waals surface area (Å²) < 4.78 is 19.6. The fourth-order valence-corrected chi connectivity index (χ4v) is 2.61. The first kappa shape index (κ1) is 15.0. The number of ether oxygens (including phenoxy) is 1. The van der Waals surface area contributed by atoms with Gasteiger partial charge in [0.1, 0.15) is 11.6 Å². The fourth-order valence-electron chi connectivity index (χ4n) is 2.20. The molecular weight excluding hydrogens is 321 g/mol. The van der Waals surface area contributed by atoms with Gasteiger partial charge in [0.25, 0.3) is 0 Å². The van der Waals surface area contributed by atoms with E-state index in [-0.39, 0.29) is 11.7 Å². The van der Waals surface area contributed by atoms with E-state index < -0.39 is 0 Å². The second-order valence-corrected chi connectivity index (χ2v) is 5.50. The number of halogens is 2. The van der Waals surface area contributed by atoms with Crippen LogP contribution in [0.2, 0.25) is 0 Å². The van der Waals surface area contributed by atoms with Crippen molar-refractivity contribution < 1.29 is 9.13 Å². The largest absolute Gasteiger partial charge is 0.497 e. The lowest BCUT2D eigenvalue weighted by Crippen LogP contribution is -2.15. The highest BCUT2D eigenvalue weighted by molar-refractivity contribution is 9.10. The van der Waals surface area contributed by atoms with E-state index in [9.17, 15) is 4.39 Å². The van der Waals surface area contributed by atoms with Gasteiger partial charge in [0.15, 0.2) is 0 Å². The van der Waals surface area contributed by atoms with Gasteiger partial charge in [-0.25, -0.2) is 4.39 Å². The van der Waals surface area contributed by atoms with Crippen molar-refractivity contribution in [2.75, 3.05) is 13.7 Å². The summed E-state index contributed by atoms with van der Waals surface area (Å²) in [6.07, 6.45) is 0.734. The first-order valence-electron chi connectivity index (χ1n) is 6.42. The topological polar surface area (TPSA) is 35.2 Å². The van der Waals surface area contributed by atoms with Crippen LogP contribution in [0.25, 0.3) is 0 Å². The highest BCUT2D eigenvalue weighted by Crippen LogP contribution is 2.28. The zero-order chi connectivity index (χ0) is 14.5. The number of hydrogen-bond donors (Lipinski definition) is 1. The summed E-state index contributed by atoms with van der Waals surface area (Å²) in [7, 11) is 1.64. The fraction of sp³-hybridized carbons (Fsp3) is 0.250. The van der Waals surface area contributed by atoms with E-state index >= 15 is 0 Å². The molecule has 0 aliphatic rings. The number of benzene rings is 2. The molecule has 0 heterocycles. The van der Waals surface area contributed by atoms with E-state index in [1.165, 1.54) is 6.07 Å². The van der Waals surface area contributed by atoms with Crippen molar-refractivity contribution in [1.82, 2.24) is 0 Å². The highest BCUT2D eigenvalue weighted by Gasteiger charge is 2.14. The molecule has 0 bridgehead atoms. The number of methoxy groups -OCH3 is 1. The number of nitrogens with two attached hydrogens (primary N) is 1. The third-order valence-electron chi connectivity index (χ3n) is 3.32. The van der Waals surface area contributed by atoms with Gasteiger partial charge in [0, 0.05) is 10.4 Å². The molecule has 0 spiro atoms. The molecule has 0 aromatic heterocycles. The minimum absolute atomic E-state index is 0.0779. The summed E-state index contributed by atoms with van der Waals surface area (Å²) in [6.45, 7) is 0.465. The van der Waals surface area contributed by atoms with Crippen molar-refractivity contribution in [2.45, 2.75) is 12.3 Å². The monoisotopic (exact) mass is 337 g/mol. The zero-order valence-corrected chi connectivity index (χ0v) is 12.9. The maximum Gasteiger partial charge on any atom is 0.123 e. The van der Waals surface area contributed by atoms with Crippen LogP contribution in [-0.2, 0) is 6.42 Å². The van der Waals surface area contributed by atoms with E-state index in [1.54, 1.807) is 19.2 Å². The van der Waals surface area contributed by atoms with Gasteiger partial charge in [-0.2, -0.15) is 0 Å². The first-order valence-corrected chi connectivity index (χ1v) is 7.21. The summed E-state index contributed by atoms with van der Waals surface area (Å²) in [5.74, 6) is 0.651. The second kappa shape index (κ2) is 6.86. The van der Waals surface area contributed by atoms with Crippen molar-refractivity contribution in [1.29, 1.82) is 0 Å². The average Bonchev–Trinajstić information content (AvgIpc) is 2.46. The number of hydrogen-bond acceptors (Lipinski definition) is 2. The molecular formula is C16H17BrFNO. The standard InChI is InChI=1S/C16H17BrFNO/c1-20-15-5-6-16(17)12(9-15)7-13(10-19)11-3-2-4-14(18)8-11/h2-6,8-9,13H,7,10,19H2,1H3. The van der Waals surface area contributed by atoms with Crippen molar-refractivity contribution in [3.05, 3.63) is 63.9 Å². The Labute approximate surface area is 126 Å². The quantitative estimate of drug-likeness (QED) is 0.898. The van der Waals surface area contributed by atoms with Gasteiger partial charge in [0.05, 0.1) is 7.11 Å². The van der Waals surface area contributed by atoms with Crippen molar-refractivity contribution in [3.8, 4) is 5.75 Å². The van der Waals surface area contributed by atoms with Crippen LogP contribution in [0.15, 0.2) is 46.9 Å². The van der Waals surface area contributed by atoms with E-state index in [0.717, 1.165) is 27.8 Å². The molecule has 20 heavy (non-hydrogen) atoms. The van der Waals surface area contributed by atoms with Crippen LogP contribution in [-0.4, -0.2) is 13.7 Å². The Morgan fingerprint density at radius 1 is 1.25 bits per heavy atom. The summed E-state index contributed by atoms with van der Waals surface area (Å²) in [4.78, 5) is 0. The normalized spacial score (nSPS) is 12.2. The number of rotatable bonds is 5. The Kier molecular flexibility index (Phi) is 5.15. The lowest BCUT2D eigenvalue weighted by atomic mass is 9.92. The SMILES string of the molecule is COc1ccc(Br)c(CC(CN)c2cccc(F)c2)c1. The predicted octanol–water partition coefficient (Wildman–Crippen LogP) is 3.88. The summed E-state index contributed by atoms with van der Waals surface area (Å²) in [5.41, 5.74) is 7.87. The molecule has 0 aliphatic carbocycles. The van der Waals surface area contributed by atoms with Crippen LogP contribution >= 0.6 is 15.9 Å². The van der Waals surface area contributed by atoms with Crippen LogP contribution < -0.4 is 10.5 Å². The predicted molar refractivity (Wildman–Crippen MR) is 82.6 cm³/mol. The molecule has 0 amide bonds. The smallest absolute Gasteiger partial charge is 0.123 e. The second-order valence-electron chi connectivity index (χ2n) is 4.65. The first-order chi connectivity index (χ1) is 9.63. The summed E-state index contributed by atoms with van der Waals surface area (Å²) in [5, 5.41) is 0. The minimum Gasteiger partial charge on any atom is -0.497 e. The third kappa shape index (κ3) is 3.58. The molecule has 106 valence electrons. The molecule has 0 radical (unpaired) electrons.